The summed E-state index contributed by atoms with van der Waals surface area (Å²) in [4.78, 5) is 0. The van der Waals surface area contributed by atoms with Crippen LogP contribution in [0.5, 0.6) is 5.75 Å². The summed E-state index contributed by atoms with van der Waals surface area (Å²) in [5.74, 6) is 1.27. The predicted molar refractivity (Wildman–Crippen MR) is 59.1 cm³/mol. The third kappa shape index (κ3) is 2.49. The van der Waals surface area contributed by atoms with E-state index in [4.69, 9.17) is 4.74 Å². The Morgan fingerprint density at radius 2 is 2.33 bits per heavy atom. The van der Waals surface area contributed by atoms with Crippen LogP contribution in [0.15, 0.2) is 24.3 Å². The Hall–Kier alpha value is -1.06. The summed E-state index contributed by atoms with van der Waals surface area (Å²) in [6.45, 7) is 1.87. The van der Waals surface area contributed by atoms with E-state index in [2.05, 4.69) is 5.32 Å². The number of hydrogen-bond donors (Lipinski definition) is 2. The molecule has 1 unspecified atom stereocenters. The van der Waals surface area contributed by atoms with E-state index in [-0.39, 0.29) is 6.10 Å². The molecule has 0 aromatic heterocycles. The molecule has 1 aliphatic heterocycles. The van der Waals surface area contributed by atoms with Gasteiger partial charge in [0.2, 0.25) is 0 Å². The molecule has 15 heavy (non-hydrogen) atoms. The Balaban J connectivity index is 1.96. The van der Waals surface area contributed by atoms with E-state index in [9.17, 15) is 5.11 Å². The molecule has 82 valence electrons. The van der Waals surface area contributed by atoms with E-state index in [0.29, 0.717) is 12.3 Å². The zero-order valence-electron chi connectivity index (χ0n) is 8.94. The molecule has 1 saturated heterocycles. The highest BCUT2D eigenvalue weighted by Gasteiger charge is 2.25. The van der Waals surface area contributed by atoms with E-state index in [1.807, 2.05) is 24.3 Å². The minimum Gasteiger partial charge on any atom is -0.497 e. The molecule has 0 saturated carbocycles. The standard InChI is InChI=1S/C12H17NO2/c1-15-11-4-2-3-9(5-11)6-12(14)10-7-13-8-10/h2-5,10,12-14H,6-8H2,1H3. The maximum atomic E-state index is 9.91. The van der Waals surface area contributed by atoms with Gasteiger partial charge in [-0.05, 0) is 24.1 Å². The van der Waals surface area contributed by atoms with Crippen molar-refractivity contribution < 1.29 is 9.84 Å². The van der Waals surface area contributed by atoms with Crippen molar-refractivity contribution in [1.29, 1.82) is 0 Å². The van der Waals surface area contributed by atoms with Gasteiger partial charge in [-0.1, -0.05) is 12.1 Å². The first kappa shape index (κ1) is 10.5. The first-order valence-corrected chi connectivity index (χ1v) is 5.31. The van der Waals surface area contributed by atoms with Crippen LogP contribution in [-0.2, 0) is 6.42 Å². The van der Waals surface area contributed by atoms with Crippen LogP contribution in [0.4, 0.5) is 0 Å². The van der Waals surface area contributed by atoms with Gasteiger partial charge in [0, 0.05) is 19.0 Å². The number of methoxy groups -OCH3 is 1. The Labute approximate surface area is 90.1 Å². The average Bonchev–Trinajstić information content (AvgIpc) is 2.15. The highest BCUT2D eigenvalue weighted by molar-refractivity contribution is 5.28. The molecule has 1 aromatic rings. The van der Waals surface area contributed by atoms with Crippen LogP contribution in [0.3, 0.4) is 0 Å². The molecule has 0 bridgehead atoms. The van der Waals surface area contributed by atoms with E-state index in [1.54, 1.807) is 7.11 Å². The van der Waals surface area contributed by atoms with Gasteiger partial charge in [-0.25, -0.2) is 0 Å². The molecule has 2 N–H and O–H groups in total. The number of rotatable bonds is 4. The molecular formula is C12H17NO2. The van der Waals surface area contributed by atoms with Gasteiger partial charge < -0.3 is 15.2 Å². The summed E-state index contributed by atoms with van der Waals surface area (Å²) in [6.07, 6.45) is 0.474. The van der Waals surface area contributed by atoms with Crippen LogP contribution < -0.4 is 10.1 Å². The first-order valence-electron chi connectivity index (χ1n) is 5.31. The highest BCUT2D eigenvalue weighted by Crippen LogP contribution is 2.18. The second-order valence-corrected chi connectivity index (χ2v) is 4.04. The van der Waals surface area contributed by atoms with Crippen LogP contribution in [0.25, 0.3) is 0 Å². The number of nitrogens with one attached hydrogen (secondary N) is 1. The average molecular weight is 207 g/mol. The normalized spacial score (nSPS) is 18.3. The van der Waals surface area contributed by atoms with Crippen molar-refractivity contribution in [2.75, 3.05) is 20.2 Å². The van der Waals surface area contributed by atoms with Crippen molar-refractivity contribution in [3.05, 3.63) is 29.8 Å². The van der Waals surface area contributed by atoms with Crippen LogP contribution >= 0.6 is 0 Å². The summed E-state index contributed by atoms with van der Waals surface area (Å²) < 4.78 is 5.14. The lowest BCUT2D eigenvalue weighted by atomic mass is 9.91. The molecule has 0 aliphatic carbocycles. The van der Waals surface area contributed by atoms with Gasteiger partial charge in [-0.3, -0.25) is 0 Å². The molecule has 1 fully saturated rings. The first-order chi connectivity index (χ1) is 7.29. The summed E-state index contributed by atoms with van der Waals surface area (Å²) in [5.41, 5.74) is 1.13. The molecule has 1 heterocycles. The molecule has 3 heteroatoms. The van der Waals surface area contributed by atoms with Crippen LogP contribution in [-0.4, -0.2) is 31.4 Å². The third-order valence-corrected chi connectivity index (χ3v) is 2.94. The smallest absolute Gasteiger partial charge is 0.119 e. The third-order valence-electron chi connectivity index (χ3n) is 2.94. The van der Waals surface area contributed by atoms with Gasteiger partial charge in [0.25, 0.3) is 0 Å². The fourth-order valence-corrected chi connectivity index (χ4v) is 1.79. The van der Waals surface area contributed by atoms with Crippen molar-refractivity contribution in [2.24, 2.45) is 5.92 Å². The van der Waals surface area contributed by atoms with Crippen LogP contribution in [0, 0.1) is 5.92 Å². The quantitative estimate of drug-likeness (QED) is 0.768. The fourth-order valence-electron chi connectivity index (χ4n) is 1.79. The summed E-state index contributed by atoms with van der Waals surface area (Å²) >= 11 is 0. The van der Waals surface area contributed by atoms with Crippen molar-refractivity contribution in [3.8, 4) is 5.75 Å². The zero-order chi connectivity index (χ0) is 10.7. The summed E-state index contributed by atoms with van der Waals surface area (Å²) in [5, 5.41) is 13.1. The Morgan fingerprint density at radius 1 is 1.53 bits per heavy atom. The molecule has 1 aliphatic rings. The largest absolute Gasteiger partial charge is 0.497 e. The zero-order valence-corrected chi connectivity index (χ0v) is 8.94. The lowest BCUT2D eigenvalue weighted by Crippen LogP contribution is -2.49. The molecule has 1 atom stereocenters. The maximum Gasteiger partial charge on any atom is 0.119 e. The maximum absolute atomic E-state index is 9.91. The number of hydrogen-bond acceptors (Lipinski definition) is 3. The molecule has 0 radical (unpaired) electrons. The van der Waals surface area contributed by atoms with Crippen molar-refractivity contribution in [1.82, 2.24) is 5.32 Å². The molecule has 2 rings (SSSR count). The summed E-state index contributed by atoms with van der Waals surface area (Å²) in [7, 11) is 1.66. The van der Waals surface area contributed by atoms with Gasteiger partial charge in [0.15, 0.2) is 0 Å². The van der Waals surface area contributed by atoms with E-state index < -0.39 is 0 Å². The fraction of sp³-hybridized carbons (Fsp3) is 0.500. The molecule has 3 nitrogen and oxygen atoms in total. The monoisotopic (exact) mass is 207 g/mol. The lowest BCUT2D eigenvalue weighted by molar-refractivity contribution is 0.0772. The number of ether oxygens (including phenoxy) is 1. The Morgan fingerprint density at radius 3 is 2.93 bits per heavy atom. The molecule has 0 spiro atoms. The van der Waals surface area contributed by atoms with E-state index in [1.165, 1.54) is 0 Å². The van der Waals surface area contributed by atoms with Crippen LogP contribution in [0.2, 0.25) is 0 Å². The minimum absolute atomic E-state index is 0.238. The van der Waals surface area contributed by atoms with Gasteiger partial charge in [-0.15, -0.1) is 0 Å². The van der Waals surface area contributed by atoms with Crippen molar-refractivity contribution in [3.63, 3.8) is 0 Å². The summed E-state index contributed by atoms with van der Waals surface area (Å²) in [6, 6.07) is 7.88. The second kappa shape index (κ2) is 4.64. The van der Waals surface area contributed by atoms with Gasteiger partial charge in [-0.2, -0.15) is 0 Å². The topological polar surface area (TPSA) is 41.5 Å². The molecule has 0 amide bonds. The second-order valence-electron chi connectivity index (χ2n) is 4.04. The predicted octanol–water partition coefficient (Wildman–Crippen LogP) is 0.818. The molecular weight excluding hydrogens is 190 g/mol. The number of aliphatic hydroxyl groups is 1. The van der Waals surface area contributed by atoms with E-state index >= 15 is 0 Å². The molecule has 1 aromatic carbocycles. The number of aliphatic hydroxyl groups excluding tert-OH is 1. The van der Waals surface area contributed by atoms with Crippen molar-refractivity contribution >= 4 is 0 Å². The van der Waals surface area contributed by atoms with Gasteiger partial charge >= 0.3 is 0 Å². The number of benzene rings is 1. The lowest BCUT2D eigenvalue weighted by Gasteiger charge is -2.31. The van der Waals surface area contributed by atoms with Gasteiger partial charge in [0.05, 0.1) is 13.2 Å². The van der Waals surface area contributed by atoms with Gasteiger partial charge in [0.1, 0.15) is 5.75 Å². The SMILES string of the molecule is COc1cccc(CC(O)C2CNC2)c1. The Bertz CT molecular complexity index is 323. The Kier molecular flexibility index (Phi) is 3.23. The minimum atomic E-state index is -0.238. The van der Waals surface area contributed by atoms with Crippen LogP contribution in [0.1, 0.15) is 5.56 Å². The van der Waals surface area contributed by atoms with Crippen molar-refractivity contribution in [2.45, 2.75) is 12.5 Å². The highest BCUT2D eigenvalue weighted by atomic mass is 16.5. The van der Waals surface area contributed by atoms with E-state index in [0.717, 1.165) is 24.4 Å².